The van der Waals surface area contributed by atoms with Gasteiger partial charge in [-0.3, -0.25) is 19.5 Å². The Morgan fingerprint density at radius 2 is 1.70 bits per heavy atom. The third-order valence-electron chi connectivity index (χ3n) is 5.36. The van der Waals surface area contributed by atoms with Gasteiger partial charge in [-0.2, -0.15) is 0 Å². The number of para-hydroxylation sites is 1. The molecule has 1 aliphatic rings. The van der Waals surface area contributed by atoms with Crippen LogP contribution in [0.15, 0.2) is 79.1 Å². The molecule has 0 fully saturated rings. The van der Waals surface area contributed by atoms with Crippen molar-refractivity contribution in [3.63, 3.8) is 0 Å². The van der Waals surface area contributed by atoms with Crippen LogP contribution in [0.2, 0.25) is 0 Å². The van der Waals surface area contributed by atoms with Crippen LogP contribution >= 0.6 is 0 Å². The second kappa shape index (κ2) is 9.33. The molecule has 0 unspecified atom stereocenters. The van der Waals surface area contributed by atoms with Crippen molar-refractivity contribution in [3.8, 4) is 0 Å². The Balaban J connectivity index is 1.45. The van der Waals surface area contributed by atoms with E-state index in [1.165, 1.54) is 11.1 Å². The molecule has 152 valence electrons. The van der Waals surface area contributed by atoms with E-state index in [0.29, 0.717) is 12.2 Å². The first kappa shape index (κ1) is 19.8. The van der Waals surface area contributed by atoms with Crippen molar-refractivity contribution in [2.24, 2.45) is 0 Å². The first-order valence-corrected chi connectivity index (χ1v) is 10.1. The predicted molar refractivity (Wildman–Crippen MR) is 116 cm³/mol. The standard InChI is InChI=1S/C24H24N4O2/c29-23(24(30)27-21-10-2-1-3-11-21)26-16-22(19-9-6-13-25-15-19)28-14-12-18-7-4-5-8-20(18)17-28/h1-11,13,15,22H,12,14,16-17H2,(H,26,29)(H,27,30)/t22-/m0/s1. The molecule has 2 heterocycles. The number of amides is 2. The third kappa shape index (κ3) is 4.72. The van der Waals surface area contributed by atoms with Crippen LogP contribution in [0.5, 0.6) is 0 Å². The van der Waals surface area contributed by atoms with Gasteiger partial charge in [0, 0.05) is 37.7 Å². The SMILES string of the molecule is O=C(NC[C@@H](c1cccnc1)N1CCc2ccccc2C1)C(=O)Nc1ccccc1. The number of nitrogens with zero attached hydrogens (tertiary/aromatic N) is 2. The van der Waals surface area contributed by atoms with Crippen LogP contribution in [0, 0.1) is 0 Å². The van der Waals surface area contributed by atoms with E-state index in [-0.39, 0.29) is 6.04 Å². The summed E-state index contributed by atoms with van der Waals surface area (Å²) in [7, 11) is 0. The number of aromatic nitrogens is 1. The van der Waals surface area contributed by atoms with Crippen LogP contribution in [0.1, 0.15) is 22.7 Å². The Morgan fingerprint density at radius 3 is 2.47 bits per heavy atom. The quantitative estimate of drug-likeness (QED) is 0.646. The first-order valence-electron chi connectivity index (χ1n) is 10.1. The van der Waals surface area contributed by atoms with Gasteiger partial charge in [0.2, 0.25) is 0 Å². The van der Waals surface area contributed by atoms with E-state index in [2.05, 4.69) is 44.8 Å². The Labute approximate surface area is 175 Å². The van der Waals surface area contributed by atoms with Crippen LogP contribution in [0.4, 0.5) is 5.69 Å². The van der Waals surface area contributed by atoms with Crippen molar-refractivity contribution < 1.29 is 9.59 Å². The summed E-state index contributed by atoms with van der Waals surface area (Å²) in [5.41, 5.74) is 4.27. The molecule has 0 bridgehead atoms. The molecule has 0 radical (unpaired) electrons. The van der Waals surface area contributed by atoms with Crippen molar-refractivity contribution in [2.75, 3.05) is 18.4 Å². The summed E-state index contributed by atoms with van der Waals surface area (Å²) in [4.78, 5) is 31.2. The minimum Gasteiger partial charge on any atom is -0.346 e. The maximum atomic E-state index is 12.4. The molecule has 2 amide bonds. The first-order chi connectivity index (χ1) is 14.7. The number of carbonyl (C=O) groups is 2. The summed E-state index contributed by atoms with van der Waals surface area (Å²) in [6.07, 6.45) is 4.51. The zero-order valence-corrected chi connectivity index (χ0v) is 16.6. The van der Waals surface area contributed by atoms with E-state index >= 15 is 0 Å². The normalized spacial score (nSPS) is 14.4. The fourth-order valence-corrected chi connectivity index (χ4v) is 3.79. The topological polar surface area (TPSA) is 74.3 Å². The van der Waals surface area contributed by atoms with Crippen molar-refractivity contribution >= 4 is 17.5 Å². The lowest BCUT2D eigenvalue weighted by molar-refractivity contribution is -0.136. The Hall–Kier alpha value is -3.51. The summed E-state index contributed by atoms with van der Waals surface area (Å²) < 4.78 is 0. The van der Waals surface area contributed by atoms with Crippen molar-refractivity contribution in [1.82, 2.24) is 15.2 Å². The molecule has 30 heavy (non-hydrogen) atoms. The largest absolute Gasteiger partial charge is 0.346 e. The van der Waals surface area contributed by atoms with Crippen LogP contribution in [-0.4, -0.2) is 34.8 Å². The maximum Gasteiger partial charge on any atom is 0.313 e. The van der Waals surface area contributed by atoms with Gasteiger partial charge in [0.15, 0.2) is 0 Å². The second-order valence-corrected chi connectivity index (χ2v) is 7.32. The van der Waals surface area contributed by atoms with E-state index in [4.69, 9.17) is 0 Å². The van der Waals surface area contributed by atoms with Gasteiger partial charge >= 0.3 is 11.8 Å². The lowest BCUT2D eigenvalue weighted by Gasteiger charge is -2.35. The van der Waals surface area contributed by atoms with E-state index in [0.717, 1.165) is 25.1 Å². The lowest BCUT2D eigenvalue weighted by atomic mass is 9.97. The molecule has 0 aliphatic carbocycles. The highest BCUT2D eigenvalue weighted by Gasteiger charge is 2.26. The van der Waals surface area contributed by atoms with E-state index in [1.807, 2.05) is 24.4 Å². The van der Waals surface area contributed by atoms with E-state index in [9.17, 15) is 9.59 Å². The number of hydrogen-bond acceptors (Lipinski definition) is 4. The van der Waals surface area contributed by atoms with Gasteiger partial charge in [0.1, 0.15) is 0 Å². The molecule has 0 saturated carbocycles. The monoisotopic (exact) mass is 400 g/mol. The molecule has 0 saturated heterocycles. The van der Waals surface area contributed by atoms with Gasteiger partial charge in [-0.1, -0.05) is 48.5 Å². The number of carbonyl (C=O) groups excluding carboxylic acids is 2. The summed E-state index contributed by atoms with van der Waals surface area (Å²) in [6.45, 7) is 2.00. The van der Waals surface area contributed by atoms with E-state index < -0.39 is 11.8 Å². The van der Waals surface area contributed by atoms with Crippen LogP contribution in [0.25, 0.3) is 0 Å². The fraction of sp³-hybridized carbons (Fsp3) is 0.208. The molecule has 2 N–H and O–H groups in total. The summed E-state index contributed by atoms with van der Waals surface area (Å²) in [6, 6.07) is 21.2. The zero-order chi connectivity index (χ0) is 20.8. The molecular formula is C24H24N4O2. The highest BCUT2D eigenvalue weighted by molar-refractivity contribution is 6.39. The van der Waals surface area contributed by atoms with Crippen LogP contribution < -0.4 is 10.6 Å². The van der Waals surface area contributed by atoms with E-state index in [1.54, 1.807) is 30.5 Å². The molecule has 3 aromatic rings. The average molecular weight is 400 g/mol. The Morgan fingerprint density at radius 1 is 0.933 bits per heavy atom. The van der Waals surface area contributed by atoms with Crippen LogP contribution in [-0.2, 0) is 22.6 Å². The molecular weight excluding hydrogens is 376 g/mol. The fourth-order valence-electron chi connectivity index (χ4n) is 3.79. The Bertz CT molecular complexity index is 1010. The van der Waals surface area contributed by atoms with Crippen LogP contribution in [0.3, 0.4) is 0 Å². The van der Waals surface area contributed by atoms with Gasteiger partial charge in [-0.05, 0) is 41.3 Å². The molecule has 1 aliphatic heterocycles. The molecule has 2 aromatic carbocycles. The lowest BCUT2D eigenvalue weighted by Crippen LogP contribution is -2.43. The van der Waals surface area contributed by atoms with Gasteiger partial charge in [-0.25, -0.2) is 0 Å². The number of hydrogen-bond donors (Lipinski definition) is 2. The molecule has 6 nitrogen and oxygen atoms in total. The van der Waals surface area contributed by atoms with Gasteiger partial charge in [-0.15, -0.1) is 0 Å². The highest BCUT2D eigenvalue weighted by Crippen LogP contribution is 2.27. The minimum absolute atomic E-state index is 0.0690. The van der Waals surface area contributed by atoms with Crippen molar-refractivity contribution in [1.29, 1.82) is 0 Å². The number of nitrogens with one attached hydrogen (secondary N) is 2. The highest BCUT2D eigenvalue weighted by atomic mass is 16.2. The number of fused-ring (bicyclic) bond motifs is 1. The second-order valence-electron chi connectivity index (χ2n) is 7.32. The van der Waals surface area contributed by atoms with Gasteiger partial charge < -0.3 is 10.6 Å². The maximum absolute atomic E-state index is 12.4. The number of benzene rings is 2. The van der Waals surface area contributed by atoms with Gasteiger partial charge in [0.25, 0.3) is 0 Å². The van der Waals surface area contributed by atoms with Crippen molar-refractivity contribution in [3.05, 3.63) is 95.8 Å². The smallest absolute Gasteiger partial charge is 0.313 e. The summed E-state index contributed by atoms with van der Waals surface area (Å²) in [5.74, 6) is -1.32. The molecule has 6 heteroatoms. The molecule has 4 rings (SSSR count). The van der Waals surface area contributed by atoms with Crippen molar-refractivity contribution in [2.45, 2.75) is 19.0 Å². The summed E-state index contributed by atoms with van der Waals surface area (Å²) in [5, 5.41) is 5.42. The zero-order valence-electron chi connectivity index (χ0n) is 16.6. The minimum atomic E-state index is -0.671. The third-order valence-corrected chi connectivity index (χ3v) is 5.36. The average Bonchev–Trinajstić information content (AvgIpc) is 2.80. The molecule has 1 atom stereocenters. The Kier molecular flexibility index (Phi) is 6.15. The number of pyridine rings is 1. The summed E-state index contributed by atoms with van der Waals surface area (Å²) >= 11 is 0. The van der Waals surface area contributed by atoms with Gasteiger partial charge in [0.05, 0.1) is 6.04 Å². The number of anilines is 1. The molecule has 1 aromatic heterocycles. The predicted octanol–water partition coefficient (Wildman–Crippen LogP) is 2.94. The number of rotatable bonds is 5. The molecule has 0 spiro atoms.